The molecule has 0 fully saturated rings. The van der Waals surface area contributed by atoms with Crippen molar-refractivity contribution >= 4 is 18.5 Å². The van der Waals surface area contributed by atoms with Crippen LogP contribution < -0.4 is 0 Å². The van der Waals surface area contributed by atoms with Gasteiger partial charge in [-0.2, -0.15) is 0 Å². The summed E-state index contributed by atoms with van der Waals surface area (Å²) in [5, 5.41) is 0. The fourth-order valence-corrected chi connectivity index (χ4v) is 1.81. The molecule has 0 aromatic heterocycles. The molecule has 0 saturated heterocycles. The Kier molecular flexibility index (Phi) is 7.55. The first-order valence-electron chi connectivity index (χ1n) is 6.21. The lowest BCUT2D eigenvalue weighted by Gasteiger charge is -2.22. The van der Waals surface area contributed by atoms with Gasteiger partial charge in [0.2, 0.25) is 5.91 Å². The molecule has 0 spiro atoms. The standard InChI is InChI=1S/C14H21NO3S/c1-17-9-7-15(8-10-18-2)14(16)11-12-3-5-13(19)6-4-12/h3-6,19H,7-11H2,1-2H3. The molecule has 0 bridgehead atoms. The van der Waals surface area contributed by atoms with Crippen molar-refractivity contribution in [1.82, 2.24) is 4.90 Å². The lowest BCUT2D eigenvalue weighted by molar-refractivity contribution is -0.131. The van der Waals surface area contributed by atoms with Gasteiger partial charge in [0.25, 0.3) is 0 Å². The van der Waals surface area contributed by atoms with E-state index in [-0.39, 0.29) is 5.91 Å². The molecular weight excluding hydrogens is 262 g/mol. The number of hydrogen-bond acceptors (Lipinski definition) is 4. The van der Waals surface area contributed by atoms with Crippen LogP contribution >= 0.6 is 12.6 Å². The van der Waals surface area contributed by atoms with E-state index in [9.17, 15) is 4.79 Å². The molecule has 0 atom stereocenters. The predicted molar refractivity (Wildman–Crippen MR) is 77.7 cm³/mol. The van der Waals surface area contributed by atoms with Crippen LogP contribution in [0.15, 0.2) is 29.2 Å². The minimum absolute atomic E-state index is 0.0843. The number of nitrogens with zero attached hydrogens (tertiary/aromatic N) is 1. The zero-order chi connectivity index (χ0) is 14.1. The highest BCUT2D eigenvalue weighted by atomic mass is 32.1. The summed E-state index contributed by atoms with van der Waals surface area (Å²) in [7, 11) is 3.26. The fraction of sp³-hybridized carbons (Fsp3) is 0.500. The van der Waals surface area contributed by atoms with Crippen LogP contribution in [0.3, 0.4) is 0 Å². The number of carbonyl (C=O) groups excluding carboxylic acids is 1. The molecule has 1 aromatic rings. The molecule has 0 heterocycles. The first-order valence-corrected chi connectivity index (χ1v) is 6.65. The summed E-state index contributed by atoms with van der Waals surface area (Å²) in [5.41, 5.74) is 0.989. The second-order valence-electron chi connectivity index (χ2n) is 4.21. The zero-order valence-corrected chi connectivity index (χ0v) is 12.4. The Bertz CT molecular complexity index is 373. The van der Waals surface area contributed by atoms with Crippen LogP contribution in [-0.2, 0) is 20.7 Å². The molecule has 0 aliphatic carbocycles. The van der Waals surface area contributed by atoms with Gasteiger partial charge in [-0.25, -0.2) is 0 Å². The summed E-state index contributed by atoms with van der Waals surface area (Å²) in [5.74, 6) is 0.0843. The number of methoxy groups -OCH3 is 2. The van der Waals surface area contributed by atoms with Crippen molar-refractivity contribution in [2.75, 3.05) is 40.5 Å². The smallest absolute Gasteiger partial charge is 0.227 e. The summed E-state index contributed by atoms with van der Waals surface area (Å²) in [6, 6.07) is 7.62. The summed E-state index contributed by atoms with van der Waals surface area (Å²) in [6.45, 7) is 2.24. The number of carbonyl (C=O) groups is 1. The van der Waals surface area contributed by atoms with Crippen LogP contribution in [0.5, 0.6) is 0 Å². The highest BCUT2D eigenvalue weighted by Crippen LogP contribution is 2.09. The van der Waals surface area contributed by atoms with Crippen LogP contribution in [0.2, 0.25) is 0 Å². The van der Waals surface area contributed by atoms with Crippen molar-refractivity contribution in [2.24, 2.45) is 0 Å². The maximum Gasteiger partial charge on any atom is 0.227 e. The Morgan fingerprint density at radius 1 is 1.11 bits per heavy atom. The molecule has 0 aliphatic rings. The third-order valence-corrected chi connectivity index (χ3v) is 3.07. The van der Waals surface area contributed by atoms with Gasteiger partial charge in [0, 0.05) is 32.2 Å². The van der Waals surface area contributed by atoms with Gasteiger partial charge in [-0.3, -0.25) is 4.79 Å². The molecule has 1 rings (SSSR count). The average molecular weight is 283 g/mol. The van der Waals surface area contributed by atoms with Gasteiger partial charge in [-0.05, 0) is 17.7 Å². The Morgan fingerprint density at radius 3 is 2.11 bits per heavy atom. The molecule has 19 heavy (non-hydrogen) atoms. The van der Waals surface area contributed by atoms with Crippen LogP contribution in [0.25, 0.3) is 0 Å². The number of rotatable bonds is 8. The van der Waals surface area contributed by atoms with Gasteiger partial charge in [0.1, 0.15) is 0 Å². The van der Waals surface area contributed by atoms with Crippen molar-refractivity contribution < 1.29 is 14.3 Å². The molecule has 0 saturated carbocycles. The Morgan fingerprint density at radius 2 is 1.63 bits per heavy atom. The molecular formula is C14H21NO3S. The summed E-state index contributed by atoms with van der Waals surface area (Å²) >= 11 is 4.23. The third-order valence-electron chi connectivity index (χ3n) is 2.78. The van der Waals surface area contributed by atoms with E-state index in [1.54, 1.807) is 19.1 Å². The monoisotopic (exact) mass is 283 g/mol. The van der Waals surface area contributed by atoms with E-state index in [2.05, 4.69) is 12.6 Å². The van der Waals surface area contributed by atoms with Gasteiger partial charge in [0.05, 0.1) is 19.6 Å². The average Bonchev–Trinajstić information content (AvgIpc) is 2.41. The lowest BCUT2D eigenvalue weighted by atomic mass is 10.1. The highest BCUT2D eigenvalue weighted by Gasteiger charge is 2.13. The van der Waals surface area contributed by atoms with Crippen molar-refractivity contribution in [2.45, 2.75) is 11.3 Å². The SMILES string of the molecule is COCCN(CCOC)C(=O)Cc1ccc(S)cc1. The Balaban J connectivity index is 2.56. The number of benzene rings is 1. The topological polar surface area (TPSA) is 38.8 Å². The van der Waals surface area contributed by atoms with E-state index in [1.807, 2.05) is 24.3 Å². The number of amides is 1. The predicted octanol–water partition coefficient (Wildman–Crippen LogP) is 1.64. The number of ether oxygens (including phenoxy) is 2. The Hall–Kier alpha value is -1.04. The summed E-state index contributed by atoms with van der Waals surface area (Å²) in [4.78, 5) is 14.9. The molecule has 0 unspecified atom stereocenters. The maximum absolute atomic E-state index is 12.2. The molecule has 106 valence electrons. The van der Waals surface area contributed by atoms with Crippen molar-refractivity contribution in [1.29, 1.82) is 0 Å². The molecule has 5 heteroatoms. The lowest BCUT2D eigenvalue weighted by Crippen LogP contribution is -2.37. The van der Waals surface area contributed by atoms with E-state index < -0.39 is 0 Å². The van der Waals surface area contributed by atoms with Crippen molar-refractivity contribution in [3.05, 3.63) is 29.8 Å². The van der Waals surface area contributed by atoms with Gasteiger partial charge < -0.3 is 14.4 Å². The summed E-state index contributed by atoms with van der Waals surface area (Å²) < 4.78 is 10.0. The number of hydrogen-bond donors (Lipinski definition) is 1. The second kappa shape index (κ2) is 8.96. The molecule has 1 amide bonds. The fourth-order valence-electron chi connectivity index (χ4n) is 1.66. The highest BCUT2D eigenvalue weighted by molar-refractivity contribution is 7.80. The van der Waals surface area contributed by atoms with E-state index >= 15 is 0 Å². The minimum Gasteiger partial charge on any atom is -0.383 e. The van der Waals surface area contributed by atoms with Crippen molar-refractivity contribution in [3.8, 4) is 0 Å². The van der Waals surface area contributed by atoms with Crippen LogP contribution in [0, 0.1) is 0 Å². The largest absolute Gasteiger partial charge is 0.383 e. The van der Waals surface area contributed by atoms with Gasteiger partial charge in [0.15, 0.2) is 0 Å². The molecule has 0 aliphatic heterocycles. The minimum atomic E-state index is 0.0843. The van der Waals surface area contributed by atoms with Gasteiger partial charge in [-0.1, -0.05) is 12.1 Å². The van der Waals surface area contributed by atoms with Crippen LogP contribution in [0.4, 0.5) is 0 Å². The molecule has 1 aromatic carbocycles. The Labute approximate surface area is 120 Å². The second-order valence-corrected chi connectivity index (χ2v) is 4.73. The summed E-state index contributed by atoms with van der Waals surface area (Å²) in [6.07, 6.45) is 0.390. The normalized spacial score (nSPS) is 10.5. The van der Waals surface area contributed by atoms with Crippen LogP contribution in [-0.4, -0.2) is 51.3 Å². The maximum atomic E-state index is 12.2. The molecule has 0 radical (unpaired) electrons. The van der Waals surface area contributed by atoms with E-state index in [1.165, 1.54) is 0 Å². The first kappa shape index (κ1) is 16.0. The quantitative estimate of drug-likeness (QED) is 0.737. The van der Waals surface area contributed by atoms with E-state index in [0.29, 0.717) is 32.7 Å². The van der Waals surface area contributed by atoms with Gasteiger partial charge >= 0.3 is 0 Å². The molecule has 4 nitrogen and oxygen atoms in total. The van der Waals surface area contributed by atoms with Crippen LogP contribution in [0.1, 0.15) is 5.56 Å². The number of thiol groups is 1. The van der Waals surface area contributed by atoms with Gasteiger partial charge in [-0.15, -0.1) is 12.6 Å². The third kappa shape index (κ3) is 6.09. The zero-order valence-electron chi connectivity index (χ0n) is 11.5. The first-order chi connectivity index (χ1) is 9.17. The molecule has 0 N–H and O–H groups in total. The van der Waals surface area contributed by atoms with Crippen molar-refractivity contribution in [3.63, 3.8) is 0 Å². The van der Waals surface area contributed by atoms with E-state index in [4.69, 9.17) is 9.47 Å². The van der Waals surface area contributed by atoms with E-state index in [0.717, 1.165) is 10.5 Å².